The molecule has 114 valence electrons. The van der Waals surface area contributed by atoms with E-state index in [9.17, 15) is 10.1 Å². The number of fused-ring (bicyclic) bond motifs is 1. The van der Waals surface area contributed by atoms with Gasteiger partial charge in [0.2, 0.25) is 0 Å². The van der Waals surface area contributed by atoms with Gasteiger partial charge in [-0.05, 0) is 19.1 Å². The Morgan fingerprint density at radius 3 is 2.83 bits per heavy atom. The molecule has 0 bridgehead atoms. The van der Waals surface area contributed by atoms with E-state index in [1.54, 1.807) is 19.1 Å². The van der Waals surface area contributed by atoms with Crippen molar-refractivity contribution < 1.29 is 4.92 Å². The molecule has 0 saturated carbocycles. The van der Waals surface area contributed by atoms with Crippen molar-refractivity contribution in [2.24, 2.45) is 5.10 Å². The van der Waals surface area contributed by atoms with Crippen molar-refractivity contribution in [1.29, 1.82) is 0 Å². The Morgan fingerprint density at radius 2 is 2.00 bits per heavy atom. The van der Waals surface area contributed by atoms with Crippen molar-refractivity contribution in [2.45, 2.75) is 6.92 Å². The van der Waals surface area contributed by atoms with Crippen LogP contribution in [-0.2, 0) is 0 Å². The van der Waals surface area contributed by atoms with Crippen LogP contribution in [0, 0.1) is 10.1 Å². The van der Waals surface area contributed by atoms with Crippen molar-refractivity contribution in [2.75, 3.05) is 5.43 Å². The molecule has 0 unspecified atom stereocenters. The number of para-hydroxylation sites is 1. The second kappa shape index (κ2) is 6.18. The maximum atomic E-state index is 10.8. The zero-order valence-electron chi connectivity index (χ0n) is 12.3. The van der Waals surface area contributed by atoms with E-state index < -0.39 is 4.92 Å². The van der Waals surface area contributed by atoms with E-state index in [2.05, 4.69) is 20.5 Å². The van der Waals surface area contributed by atoms with E-state index in [-0.39, 0.29) is 5.69 Å². The number of nitrogens with one attached hydrogen (secondary N) is 1. The smallest absolute Gasteiger partial charge is 0.260 e. The number of nitro benzene ring substituents is 1. The van der Waals surface area contributed by atoms with Crippen LogP contribution in [0.3, 0.4) is 0 Å². The zero-order chi connectivity index (χ0) is 16.2. The second-order valence-corrected chi connectivity index (χ2v) is 4.86. The van der Waals surface area contributed by atoms with Crippen molar-refractivity contribution in [1.82, 2.24) is 9.97 Å². The van der Waals surface area contributed by atoms with E-state index in [1.807, 2.05) is 24.3 Å². The fraction of sp³-hybridized carbons (Fsp3) is 0.0625. The lowest BCUT2D eigenvalue weighted by atomic mass is 10.1. The summed E-state index contributed by atoms with van der Waals surface area (Å²) in [5.74, 6) is 0.584. The first-order valence-electron chi connectivity index (χ1n) is 6.90. The standard InChI is InChI=1S/C16H13N5O2/c1-11(12-5-4-6-13(9-12)21(22)23)19-20-16-14-7-2-3-8-15(14)17-10-18-16/h2-10H,1H3,(H,17,18,20). The predicted octanol–water partition coefficient (Wildman–Crippen LogP) is 3.37. The lowest BCUT2D eigenvalue weighted by Gasteiger charge is -2.05. The summed E-state index contributed by atoms with van der Waals surface area (Å²) in [7, 11) is 0. The summed E-state index contributed by atoms with van der Waals surface area (Å²) < 4.78 is 0. The Labute approximate surface area is 131 Å². The lowest BCUT2D eigenvalue weighted by Crippen LogP contribution is -2.02. The van der Waals surface area contributed by atoms with Crippen LogP contribution in [-0.4, -0.2) is 20.6 Å². The lowest BCUT2D eigenvalue weighted by molar-refractivity contribution is -0.384. The van der Waals surface area contributed by atoms with Gasteiger partial charge in [-0.1, -0.05) is 24.3 Å². The van der Waals surface area contributed by atoms with Gasteiger partial charge in [0.25, 0.3) is 5.69 Å². The van der Waals surface area contributed by atoms with Crippen LogP contribution in [0.25, 0.3) is 10.9 Å². The van der Waals surface area contributed by atoms with Crippen LogP contribution in [0.15, 0.2) is 60.0 Å². The van der Waals surface area contributed by atoms with E-state index in [0.717, 1.165) is 10.9 Å². The number of hydrazone groups is 1. The predicted molar refractivity (Wildman–Crippen MR) is 88.5 cm³/mol. The summed E-state index contributed by atoms with van der Waals surface area (Å²) >= 11 is 0. The number of nitrogens with zero attached hydrogens (tertiary/aromatic N) is 4. The van der Waals surface area contributed by atoms with Gasteiger partial charge in [0.05, 0.1) is 16.2 Å². The minimum atomic E-state index is -0.428. The van der Waals surface area contributed by atoms with Gasteiger partial charge in [-0.2, -0.15) is 5.10 Å². The van der Waals surface area contributed by atoms with Gasteiger partial charge in [0, 0.05) is 23.1 Å². The van der Waals surface area contributed by atoms with Gasteiger partial charge >= 0.3 is 0 Å². The highest BCUT2D eigenvalue weighted by atomic mass is 16.6. The molecule has 23 heavy (non-hydrogen) atoms. The zero-order valence-corrected chi connectivity index (χ0v) is 12.3. The molecule has 1 heterocycles. The largest absolute Gasteiger partial charge is 0.270 e. The first-order valence-corrected chi connectivity index (χ1v) is 6.90. The van der Waals surface area contributed by atoms with Crippen LogP contribution >= 0.6 is 0 Å². The third kappa shape index (κ3) is 3.13. The summed E-state index contributed by atoms with van der Waals surface area (Å²) in [6, 6.07) is 13.9. The van der Waals surface area contributed by atoms with Crippen LogP contribution in [0.1, 0.15) is 12.5 Å². The molecule has 2 aromatic carbocycles. The molecule has 7 heteroatoms. The Hall–Kier alpha value is -3.35. The molecule has 0 spiro atoms. The topological polar surface area (TPSA) is 93.3 Å². The molecule has 0 radical (unpaired) electrons. The number of rotatable bonds is 4. The molecule has 0 aliphatic heterocycles. The first kappa shape index (κ1) is 14.6. The number of aromatic nitrogens is 2. The molecule has 0 fully saturated rings. The van der Waals surface area contributed by atoms with Crippen molar-refractivity contribution in [3.05, 3.63) is 70.5 Å². The summed E-state index contributed by atoms with van der Waals surface area (Å²) in [5.41, 5.74) is 5.04. The Bertz CT molecular complexity index is 902. The third-order valence-corrected chi connectivity index (χ3v) is 3.35. The van der Waals surface area contributed by atoms with Gasteiger partial charge < -0.3 is 0 Å². The number of hydrogen-bond acceptors (Lipinski definition) is 6. The van der Waals surface area contributed by atoms with Gasteiger partial charge in [-0.15, -0.1) is 0 Å². The monoisotopic (exact) mass is 307 g/mol. The molecule has 3 aromatic rings. The molecule has 0 saturated heterocycles. The number of nitro groups is 1. The average molecular weight is 307 g/mol. The summed E-state index contributed by atoms with van der Waals surface area (Å²) in [6.45, 7) is 1.77. The van der Waals surface area contributed by atoms with Crippen LogP contribution in [0.5, 0.6) is 0 Å². The fourth-order valence-corrected chi connectivity index (χ4v) is 2.14. The summed E-state index contributed by atoms with van der Waals surface area (Å²) in [5, 5.41) is 16.0. The molecule has 1 aromatic heterocycles. The first-order chi connectivity index (χ1) is 11.1. The Kier molecular flexibility index (Phi) is 3.92. The van der Waals surface area contributed by atoms with Gasteiger partial charge in [0.15, 0.2) is 5.82 Å². The molecule has 0 aliphatic rings. The number of non-ortho nitro benzene ring substituents is 1. The van der Waals surface area contributed by atoms with Gasteiger partial charge in [0.1, 0.15) is 6.33 Å². The quantitative estimate of drug-likeness (QED) is 0.453. The van der Waals surface area contributed by atoms with Crippen LogP contribution in [0.2, 0.25) is 0 Å². The molecule has 3 rings (SSSR count). The number of anilines is 1. The molecule has 0 amide bonds. The summed E-state index contributed by atoms with van der Waals surface area (Å²) in [4.78, 5) is 18.8. The highest BCUT2D eigenvalue weighted by Gasteiger charge is 2.08. The maximum absolute atomic E-state index is 10.8. The highest BCUT2D eigenvalue weighted by molar-refractivity contribution is 6.00. The molecular weight excluding hydrogens is 294 g/mol. The third-order valence-electron chi connectivity index (χ3n) is 3.35. The fourth-order valence-electron chi connectivity index (χ4n) is 2.14. The van der Waals surface area contributed by atoms with Crippen molar-refractivity contribution in [3.63, 3.8) is 0 Å². The molecule has 1 N–H and O–H groups in total. The normalized spacial score (nSPS) is 11.4. The number of benzene rings is 2. The molecule has 7 nitrogen and oxygen atoms in total. The molecule has 0 atom stereocenters. The minimum Gasteiger partial charge on any atom is -0.260 e. The van der Waals surface area contributed by atoms with E-state index in [0.29, 0.717) is 17.1 Å². The average Bonchev–Trinajstić information content (AvgIpc) is 2.59. The Balaban J connectivity index is 1.89. The minimum absolute atomic E-state index is 0.0320. The van der Waals surface area contributed by atoms with E-state index in [1.165, 1.54) is 18.5 Å². The maximum Gasteiger partial charge on any atom is 0.270 e. The highest BCUT2D eigenvalue weighted by Crippen LogP contribution is 2.19. The van der Waals surface area contributed by atoms with Gasteiger partial charge in [-0.25, -0.2) is 9.97 Å². The SMILES string of the molecule is CC(=NNc1ncnc2ccccc12)c1cccc([N+](=O)[O-])c1. The Morgan fingerprint density at radius 1 is 1.17 bits per heavy atom. The molecular formula is C16H13N5O2. The van der Waals surface area contributed by atoms with Crippen molar-refractivity contribution >= 4 is 28.1 Å². The van der Waals surface area contributed by atoms with Crippen LogP contribution < -0.4 is 5.43 Å². The number of hydrogen-bond donors (Lipinski definition) is 1. The second-order valence-electron chi connectivity index (χ2n) is 4.86. The molecule has 0 aliphatic carbocycles. The van der Waals surface area contributed by atoms with Crippen molar-refractivity contribution in [3.8, 4) is 0 Å². The summed E-state index contributed by atoms with van der Waals surface area (Å²) in [6.07, 6.45) is 1.46. The van der Waals surface area contributed by atoms with E-state index >= 15 is 0 Å². The van der Waals surface area contributed by atoms with E-state index in [4.69, 9.17) is 0 Å². The van der Waals surface area contributed by atoms with Crippen LogP contribution in [0.4, 0.5) is 11.5 Å². The van der Waals surface area contributed by atoms with Gasteiger partial charge in [-0.3, -0.25) is 15.5 Å².